The second kappa shape index (κ2) is 6.19. The van der Waals surface area contributed by atoms with Gasteiger partial charge < -0.3 is 19.9 Å². The van der Waals surface area contributed by atoms with Gasteiger partial charge in [-0.25, -0.2) is 9.59 Å². The molecule has 0 aromatic heterocycles. The fraction of sp³-hybridized carbons (Fsp3) is 0.800. The Labute approximate surface area is 95.5 Å². The summed E-state index contributed by atoms with van der Waals surface area (Å²) in [5.41, 5.74) is 0. The van der Waals surface area contributed by atoms with Gasteiger partial charge in [0, 0.05) is 32.7 Å². The summed E-state index contributed by atoms with van der Waals surface area (Å²) in [7, 11) is 1.36. The summed E-state index contributed by atoms with van der Waals surface area (Å²) in [6.45, 7) is 4.89. The van der Waals surface area contributed by atoms with Crippen molar-refractivity contribution in [3.8, 4) is 0 Å². The zero-order valence-electron chi connectivity index (χ0n) is 9.86. The number of nitrogens with zero attached hydrogens (tertiary/aromatic N) is 2. The number of hydrogen-bond acceptors (Lipinski definition) is 3. The Kier molecular flexibility index (Phi) is 4.88. The van der Waals surface area contributed by atoms with Crippen molar-refractivity contribution >= 4 is 12.1 Å². The van der Waals surface area contributed by atoms with Gasteiger partial charge >= 0.3 is 12.1 Å². The molecule has 1 saturated heterocycles. The molecule has 0 unspecified atom stereocenters. The van der Waals surface area contributed by atoms with Gasteiger partial charge in [0.2, 0.25) is 0 Å². The Morgan fingerprint density at radius 3 is 2.25 bits per heavy atom. The number of ether oxygens (including phenoxy) is 1. The molecule has 92 valence electrons. The molecule has 0 atom stereocenters. The first-order chi connectivity index (χ1) is 7.69. The second-order valence-corrected chi connectivity index (χ2v) is 3.68. The molecule has 6 heteroatoms. The van der Waals surface area contributed by atoms with Crippen LogP contribution < -0.4 is 5.32 Å². The van der Waals surface area contributed by atoms with Crippen molar-refractivity contribution in [2.24, 2.45) is 0 Å². The monoisotopic (exact) mass is 229 g/mol. The lowest BCUT2D eigenvalue weighted by molar-refractivity contribution is 0.0971. The molecule has 0 aliphatic carbocycles. The van der Waals surface area contributed by atoms with E-state index in [1.54, 1.807) is 9.80 Å². The summed E-state index contributed by atoms with van der Waals surface area (Å²) >= 11 is 0. The first kappa shape index (κ1) is 12.6. The second-order valence-electron chi connectivity index (χ2n) is 3.68. The van der Waals surface area contributed by atoms with Gasteiger partial charge in [0.05, 0.1) is 7.11 Å². The van der Waals surface area contributed by atoms with Crippen molar-refractivity contribution in [2.75, 3.05) is 39.8 Å². The maximum absolute atomic E-state index is 11.6. The van der Waals surface area contributed by atoms with Crippen LogP contribution in [0.1, 0.15) is 13.3 Å². The Bertz CT molecular complexity index is 250. The molecule has 6 nitrogen and oxygen atoms in total. The minimum atomic E-state index is -0.325. The number of amides is 3. The van der Waals surface area contributed by atoms with Crippen molar-refractivity contribution in [1.29, 1.82) is 0 Å². The van der Waals surface area contributed by atoms with Gasteiger partial charge in [0.1, 0.15) is 0 Å². The van der Waals surface area contributed by atoms with Crippen molar-refractivity contribution < 1.29 is 14.3 Å². The van der Waals surface area contributed by atoms with Crippen LogP contribution in [0.4, 0.5) is 9.59 Å². The molecule has 1 aliphatic heterocycles. The molecule has 0 radical (unpaired) electrons. The maximum atomic E-state index is 11.6. The van der Waals surface area contributed by atoms with Crippen LogP contribution in [-0.4, -0.2) is 61.8 Å². The summed E-state index contributed by atoms with van der Waals surface area (Å²) in [6.07, 6.45) is 0.599. The third kappa shape index (κ3) is 3.29. The molecule has 1 heterocycles. The number of hydrogen-bond donors (Lipinski definition) is 1. The Morgan fingerprint density at radius 1 is 1.19 bits per heavy atom. The molecule has 0 spiro atoms. The van der Waals surface area contributed by atoms with Gasteiger partial charge in [-0.1, -0.05) is 6.92 Å². The lowest BCUT2D eigenvalue weighted by Crippen LogP contribution is -2.53. The zero-order chi connectivity index (χ0) is 12.0. The van der Waals surface area contributed by atoms with Gasteiger partial charge in [-0.05, 0) is 6.42 Å². The molecular formula is C10H19N3O3. The lowest BCUT2D eigenvalue weighted by Gasteiger charge is -2.33. The molecule has 16 heavy (non-hydrogen) atoms. The summed E-state index contributed by atoms with van der Waals surface area (Å²) < 4.78 is 4.62. The number of rotatable bonds is 2. The fourth-order valence-electron chi connectivity index (χ4n) is 1.56. The third-order valence-corrected chi connectivity index (χ3v) is 2.53. The average Bonchev–Trinajstić information content (AvgIpc) is 2.35. The van der Waals surface area contributed by atoms with Crippen LogP contribution in [0.15, 0.2) is 0 Å². The minimum Gasteiger partial charge on any atom is -0.453 e. The Hall–Kier alpha value is -1.46. The largest absolute Gasteiger partial charge is 0.453 e. The van der Waals surface area contributed by atoms with E-state index in [0.717, 1.165) is 6.42 Å². The average molecular weight is 229 g/mol. The molecule has 1 aliphatic rings. The normalized spacial score (nSPS) is 15.9. The number of methoxy groups -OCH3 is 1. The van der Waals surface area contributed by atoms with Gasteiger partial charge in [0.15, 0.2) is 0 Å². The number of piperazine rings is 1. The van der Waals surface area contributed by atoms with Crippen LogP contribution in [0.5, 0.6) is 0 Å². The van der Waals surface area contributed by atoms with Crippen LogP contribution in [0.25, 0.3) is 0 Å². The molecule has 0 aromatic rings. The van der Waals surface area contributed by atoms with Crippen LogP contribution in [-0.2, 0) is 4.74 Å². The van der Waals surface area contributed by atoms with Crippen molar-refractivity contribution in [1.82, 2.24) is 15.1 Å². The summed E-state index contributed by atoms with van der Waals surface area (Å²) in [5, 5.41) is 2.81. The quantitative estimate of drug-likeness (QED) is 0.749. The molecule has 0 aromatic carbocycles. The first-order valence-electron chi connectivity index (χ1n) is 5.54. The first-order valence-corrected chi connectivity index (χ1v) is 5.54. The summed E-state index contributed by atoms with van der Waals surface area (Å²) in [4.78, 5) is 26.1. The standard InChI is InChI=1S/C10H19N3O3/c1-3-4-11-9(14)12-5-7-13(8-6-12)10(15)16-2/h3-8H2,1-2H3,(H,11,14). The van der Waals surface area contributed by atoms with E-state index in [2.05, 4.69) is 10.1 Å². The highest BCUT2D eigenvalue weighted by Crippen LogP contribution is 2.03. The van der Waals surface area contributed by atoms with E-state index < -0.39 is 0 Å². The van der Waals surface area contributed by atoms with Gasteiger partial charge in [0.25, 0.3) is 0 Å². The molecule has 0 bridgehead atoms. The third-order valence-electron chi connectivity index (χ3n) is 2.53. The van der Waals surface area contributed by atoms with Crippen LogP contribution in [0.2, 0.25) is 0 Å². The highest BCUT2D eigenvalue weighted by Gasteiger charge is 2.23. The van der Waals surface area contributed by atoms with Crippen molar-refractivity contribution in [2.45, 2.75) is 13.3 Å². The van der Waals surface area contributed by atoms with Crippen LogP contribution in [0.3, 0.4) is 0 Å². The summed E-state index contributed by atoms with van der Waals surface area (Å²) in [5.74, 6) is 0. The minimum absolute atomic E-state index is 0.0497. The highest BCUT2D eigenvalue weighted by atomic mass is 16.5. The smallest absolute Gasteiger partial charge is 0.409 e. The summed E-state index contributed by atoms with van der Waals surface area (Å²) in [6, 6.07) is -0.0497. The van der Waals surface area contributed by atoms with E-state index >= 15 is 0 Å². The van der Waals surface area contributed by atoms with Crippen molar-refractivity contribution in [3.63, 3.8) is 0 Å². The van der Waals surface area contributed by atoms with E-state index in [1.807, 2.05) is 6.92 Å². The van der Waals surface area contributed by atoms with E-state index in [1.165, 1.54) is 7.11 Å². The Balaban J connectivity index is 2.31. The van der Waals surface area contributed by atoms with E-state index in [4.69, 9.17) is 0 Å². The number of nitrogens with one attached hydrogen (secondary N) is 1. The Morgan fingerprint density at radius 2 is 1.75 bits per heavy atom. The molecule has 1 rings (SSSR count). The molecular weight excluding hydrogens is 210 g/mol. The van der Waals surface area contributed by atoms with Gasteiger partial charge in [-0.2, -0.15) is 0 Å². The van der Waals surface area contributed by atoms with Crippen LogP contribution >= 0.6 is 0 Å². The van der Waals surface area contributed by atoms with Crippen LogP contribution in [0, 0.1) is 0 Å². The molecule has 1 fully saturated rings. The van der Waals surface area contributed by atoms with E-state index in [-0.39, 0.29) is 12.1 Å². The molecule has 0 saturated carbocycles. The topological polar surface area (TPSA) is 61.9 Å². The van der Waals surface area contributed by atoms with E-state index in [0.29, 0.717) is 32.7 Å². The zero-order valence-corrected chi connectivity index (χ0v) is 9.86. The predicted octanol–water partition coefficient (Wildman–Crippen LogP) is 0.490. The maximum Gasteiger partial charge on any atom is 0.409 e. The SMILES string of the molecule is CCCNC(=O)N1CCN(C(=O)OC)CC1. The fourth-order valence-corrected chi connectivity index (χ4v) is 1.56. The number of carbonyl (C=O) groups is 2. The molecule has 3 amide bonds. The molecule has 1 N–H and O–H groups in total. The van der Waals surface area contributed by atoms with Gasteiger partial charge in [-0.3, -0.25) is 0 Å². The van der Waals surface area contributed by atoms with Gasteiger partial charge in [-0.15, -0.1) is 0 Å². The highest BCUT2D eigenvalue weighted by molar-refractivity contribution is 5.74. The number of carbonyl (C=O) groups excluding carboxylic acids is 2. The lowest BCUT2D eigenvalue weighted by atomic mass is 10.3. The predicted molar refractivity (Wildman–Crippen MR) is 59.2 cm³/mol. The van der Waals surface area contributed by atoms with E-state index in [9.17, 15) is 9.59 Å². The number of urea groups is 1. The van der Waals surface area contributed by atoms with Crippen molar-refractivity contribution in [3.05, 3.63) is 0 Å².